The third-order valence-electron chi connectivity index (χ3n) is 4.55. The molecule has 6 nitrogen and oxygen atoms in total. The van der Waals surface area contributed by atoms with Crippen molar-refractivity contribution in [3.63, 3.8) is 0 Å². The van der Waals surface area contributed by atoms with Crippen LogP contribution in [0, 0.1) is 10.1 Å². The lowest BCUT2D eigenvalue weighted by molar-refractivity contribution is -0.384. The number of nitro groups is 1. The predicted molar refractivity (Wildman–Crippen MR) is 107 cm³/mol. The highest BCUT2D eigenvalue weighted by atomic mass is 16.6. The first-order valence-corrected chi connectivity index (χ1v) is 8.91. The number of hydrogen-bond acceptors (Lipinski definition) is 5. The van der Waals surface area contributed by atoms with Crippen molar-refractivity contribution in [1.29, 1.82) is 0 Å². The molecule has 3 aromatic rings. The average molecular weight is 364 g/mol. The minimum Gasteiger partial charge on any atom is -0.258 e. The first-order chi connectivity index (χ1) is 12.5. The molecule has 0 spiro atoms. The normalized spacial score (nSPS) is 12.4. The number of hydrogen-bond donors (Lipinski definition) is 0. The lowest BCUT2D eigenvalue weighted by Gasteiger charge is -2.26. The summed E-state index contributed by atoms with van der Waals surface area (Å²) in [6.45, 7) is 12.9. The molecular formula is C21H24N4O2. The maximum absolute atomic E-state index is 11.1. The molecule has 0 amide bonds. The minimum atomic E-state index is -0.422. The lowest BCUT2D eigenvalue weighted by atomic mass is 9.80. The van der Waals surface area contributed by atoms with Gasteiger partial charge in [0.2, 0.25) is 0 Å². The fourth-order valence-corrected chi connectivity index (χ4v) is 2.93. The van der Waals surface area contributed by atoms with Crippen LogP contribution < -0.4 is 0 Å². The van der Waals surface area contributed by atoms with E-state index in [1.165, 1.54) is 17.7 Å². The molecule has 0 aliphatic rings. The van der Waals surface area contributed by atoms with Crippen molar-refractivity contribution < 1.29 is 4.92 Å². The molecule has 0 bridgehead atoms. The Morgan fingerprint density at radius 1 is 0.926 bits per heavy atom. The number of non-ortho nitro benzene ring substituents is 1. The molecule has 0 aliphatic carbocycles. The van der Waals surface area contributed by atoms with E-state index in [1.807, 2.05) is 6.07 Å². The van der Waals surface area contributed by atoms with Gasteiger partial charge in [0.25, 0.3) is 5.69 Å². The smallest absolute Gasteiger partial charge is 0.258 e. The van der Waals surface area contributed by atoms with E-state index in [9.17, 15) is 10.1 Å². The van der Waals surface area contributed by atoms with Crippen molar-refractivity contribution in [2.75, 3.05) is 0 Å². The molecule has 0 unspecified atom stereocenters. The van der Waals surface area contributed by atoms with Crippen molar-refractivity contribution >= 4 is 16.7 Å². The quantitative estimate of drug-likeness (QED) is 0.461. The summed E-state index contributed by atoms with van der Waals surface area (Å²) >= 11 is 0. The second-order valence-corrected chi connectivity index (χ2v) is 8.83. The third kappa shape index (κ3) is 3.79. The van der Waals surface area contributed by atoms with Crippen molar-refractivity contribution in [3.8, 4) is 11.4 Å². The molecule has 140 valence electrons. The van der Waals surface area contributed by atoms with Gasteiger partial charge in [-0.1, -0.05) is 59.7 Å². The largest absolute Gasteiger partial charge is 0.270 e. The number of nitro benzene ring substituents is 1. The van der Waals surface area contributed by atoms with Gasteiger partial charge in [-0.2, -0.15) is 0 Å². The Balaban J connectivity index is 2.26. The second kappa shape index (κ2) is 6.37. The summed E-state index contributed by atoms with van der Waals surface area (Å²) in [4.78, 5) is 15.4. The van der Waals surface area contributed by atoms with E-state index < -0.39 is 4.92 Å². The lowest BCUT2D eigenvalue weighted by Crippen LogP contribution is -2.18. The molecular weight excluding hydrogens is 340 g/mol. The summed E-state index contributed by atoms with van der Waals surface area (Å²) in [6.07, 6.45) is 0. The molecule has 2 aromatic carbocycles. The van der Waals surface area contributed by atoms with E-state index in [1.54, 1.807) is 12.1 Å². The monoisotopic (exact) mass is 364 g/mol. The summed E-state index contributed by atoms with van der Waals surface area (Å²) in [7, 11) is 0. The number of nitrogens with zero attached hydrogens (tertiary/aromatic N) is 4. The molecule has 0 fully saturated rings. The molecule has 0 saturated carbocycles. The number of fused-ring (bicyclic) bond motifs is 1. The first-order valence-electron chi connectivity index (χ1n) is 8.91. The van der Waals surface area contributed by atoms with Gasteiger partial charge in [-0.15, -0.1) is 10.2 Å². The van der Waals surface area contributed by atoms with E-state index in [2.05, 4.69) is 57.8 Å². The molecule has 27 heavy (non-hydrogen) atoms. The van der Waals surface area contributed by atoms with Gasteiger partial charge in [0, 0.05) is 17.7 Å². The van der Waals surface area contributed by atoms with Crippen molar-refractivity contribution in [1.82, 2.24) is 15.2 Å². The van der Waals surface area contributed by atoms with Crippen LogP contribution >= 0.6 is 0 Å². The van der Waals surface area contributed by atoms with Gasteiger partial charge < -0.3 is 0 Å². The van der Waals surface area contributed by atoms with Crippen LogP contribution in [-0.4, -0.2) is 20.1 Å². The number of benzene rings is 2. The van der Waals surface area contributed by atoms with E-state index in [0.717, 1.165) is 16.6 Å². The summed E-state index contributed by atoms with van der Waals surface area (Å²) in [5.74, 6) is 0.389. The molecule has 0 radical (unpaired) electrons. The van der Waals surface area contributed by atoms with Crippen LogP contribution in [-0.2, 0) is 10.8 Å². The van der Waals surface area contributed by atoms with Gasteiger partial charge in [-0.05, 0) is 28.0 Å². The van der Waals surface area contributed by atoms with Gasteiger partial charge in [0.1, 0.15) is 5.52 Å². The maximum Gasteiger partial charge on any atom is 0.270 e. The highest BCUT2D eigenvalue weighted by molar-refractivity contribution is 5.81. The zero-order valence-electron chi connectivity index (χ0n) is 16.6. The molecule has 1 aromatic heterocycles. The first kappa shape index (κ1) is 18.9. The van der Waals surface area contributed by atoms with Gasteiger partial charge in [0.15, 0.2) is 5.82 Å². The molecule has 0 saturated heterocycles. The molecule has 6 heteroatoms. The van der Waals surface area contributed by atoms with Crippen LogP contribution in [0.3, 0.4) is 0 Å². The highest BCUT2D eigenvalue weighted by Gasteiger charge is 2.24. The minimum absolute atomic E-state index is 0.00956. The standard InChI is InChI=1S/C21H24N4O2/c1-20(2,3)14-11-16(21(4,5)6)18-17(12-14)23-24-19(22-18)13-8-7-9-15(10-13)25(26)27/h7-12H,1-6H3. The van der Waals surface area contributed by atoms with Crippen LogP contribution in [0.2, 0.25) is 0 Å². The molecule has 0 N–H and O–H groups in total. The molecule has 0 aliphatic heterocycles. The Morgan fingerprint density at radius 3 is 2.22 bits per heavy atom. The third-order valence-corrected chi connectivity index (χ3v) is 4.55. The predicted octanol–water partition coefficient (Wildman–Crippen LogP) is 5.20. The van der Waals surface area contributed by atoms with Crippen molar-refractivity contribution in [2.45, 2.75) is 52.4 Å². The maximum atomic E-state index is 11.1. The Hall–Kier alpha value is -2.89. The van der Waals surface area contributed by atoms with Crippen LogP contribution in [0.5, 0.6) is 0 Å². The van der Waals surface area contributed by atoms with Gasteiger partial charge in [0.05, 0.1) is 10.4 Å². The second-order valence-electron chi connectivity index (χ2n) is 8.83. The van der Waals surface area contributed by atoms with Crippen LogP contribution in [0.1, 0.15) is 52.7 Å². The zero-order chi connectivity index (χ0) is 20.0. The van der Waals surface area contributed by atoms with E-state index in [4.69, 9.17) is 4.98 Å². The fraction of sp³-hybridized carbons (Fsp3) is 0.381. The Labute approximate surface area is 158 Å². The van der Waals surface area contributed by atoms with Gasteiger partial charge in [-0.25, -0.2) is 4.98 Å². The van der Waals surface area contributed by atoms with Crippen molar-refractivity contribution in [2.24, 2.45) is 0 Å². The molecule has 1 heterocycles. The van der Waals surface area contributed by atoms with Crippen molar-refractivity contribution in [3.05, 3.63) is 57.6 Å². The number of aromatic nitrogens is 3. The average Bonchev–Trinajstić information content (AvgIpc) is 2.58. The zero-order valence-corrected chi connectivity index (χ0v) is 16.6. The molecule has 3 rings (SSSR count). The fourth-order valence-electron chi connectivity index (χ4n) is 2.93. The summed E-state index contributed by atoms with van der Waals surface area (Å²) in [6, 6.07) is 10.5. The molecule has 0 atom stereocenters. The summed E-state index contributed by atoms with van der Waals surface area (Å²) in [5.41, 5.74) is 4.23. The van der Waals surface area contributed by atoms with Crippen LogP contribution in [0.25, 0.3) is 22.4 Å². The van der Waals surface area contributed by atoms with Crippen LogP contribution in [0.4, 0.5) is 5.69 Å². The van der Waals surface area contributed by atoms with Gasteiger partial charge >= 0.3 is 0 Å². The van der Waals surface area contributed by atoms with Gasteiger partial charge in [-0.3, -0.25) is 10.1 Å². The number of rotatable bonds is 2. The SMILES string of the molecule is CC(C)(C)c1cc(C(C)(C)C)c2nc(-c3cccc([N+](=O)[O-])c3)nnc2c1. The van der Waals surface area contributed by atoms with Crippen LogP contribution in [0.15, 0.2) is 36.4 Å². The Morgan fingerprint density at radius 2 is 1.63 bits per heavy atom. The summed E-state index contributed by atoms with van der Waals surface area (Å²) in [5, 5.41) is 19.7. The summed E-state index contributed by atoms with van der Waals surface area (Å²) < 4.78 is 0. The van der Waals surface area contributed by atoms with E-state index in [0.29, 0.717) is 11.4 Å². The Bertz CT molecular complexity index is 1030. The topological polar surface area (TPSA) is 81.8 Å². The Kier molecular flexibility index (Phi) is 4.46. The van der Waals surface area contributed by atoms with E-state index in [-0.39, 0.29) is 16.5 Å². The highest BCUT2D eigenvalue weighted by Crippen LogP contribution is 2.34. The van der Waals surface area contributed by atoms with E-state index >= 15 is 0 Å².